The van der Waals surface area contributed by atoms with Gasteiger partial charge in [0.05, 0.1) is 12.8 Å². The van der Waals surface area contributed by atoms with Gasteiger partial charge in [0.25, 0.3) is 0 Å². The lowest BCUT2D eigenvalue weighted by Gasteiger charge is -2.04. The van der Waals surface area contributed by atoms with Crippen LogP contribution < -0.4 is 10.1 Å². The van der Waals surface area contributed by atoms with E-state index in [9.17, 15) is 4.91 Å². The van der Waals surface area contributed by atoms with E-state index < -0.39 is 0 Å². The molecule has 0 fully saturated rings. The molecule has 4 nitrogen and oxygen atoms in total. The van der Waals surface area contributed by atoms with Gasteiger partial charge in [0, 0.05) is 13.1 Å². The second-order valence-electron chi connectivity index (χ2n) is 2.22. The molecule has 64 valence electrons. The van der Waals surface area contributed by atoms with Gasteiger partial charge in [-0.2, -0.15) is 0 Å². The predicted molar refractivity (Wildman–Crippen MR) is 48.0 cm³/mol. The summed E-state index contributed by atoms with van der Waals surface area (Å²) in [5.41, 5.74) is 1.06. The Labute approximate surface area is 70.5 Å². The smallest absolute Gasteiger partial charge is 0.131 e. The Balaban J connectivity index is 3.10. The molecule has 1 aromatic carbocycles. The Morgan fingerprint density at radius 3 is 2.75 bits per heavy atom. The van der Waals surface area contributed by atoms with E-state index in [0.717, 1.165) is 0 Å². The summed E-state index contributed by atoms with van der Waals surface area (Å²) >= 11 is 0. The summed E-state index contributed by atoms with van der Waals surface area (Å²) in [6.07, 6.45) is 0. The third kappa shape index (κ3) is 1.53. The minimum Gasteiger partial charge on any atom is -0.497 e. The first kappa shape index (κ1) is 8.52. The molecule has 0 atom stereocenters. The van der Waals surface area contributed by atoms with E-state index in [2.05, 4.69) is 10.5 Å². The first-order valence-electron chi connectivity index (χ1n) is 3.51. The number of nitrogens with one attached hydrogen (secondary N) is 1. The molecule has 0 heterocycles. The van der Waals surface area contributed by atoms with Gasteiger partial charge in [-0.15, -0.1) is 4.91 Å². The van der Waals surface area contributed by atoms with Gasteiger partial charge in [-0.25, -0.2) is 0 Å². The fourth-order valence-corrected chi connectivity index (χ4v) is 0.922. The van der Waals surface area contributed by atoms with Crippen LogP contribution in [0, 0.1) is 4.91 Å². The topological polar surface area (TPSA) is 50.7 Å². The van der Waals surface area contributed by atoms with Crippen molar-refractivity contribution < 1.29 is 4.74 Å². The normalized spacial score (nSPS) is 9.17. The maximum atomic E-state index is 10.3. The molecular formula is C8H10N2O2. The molecule has 0 aromatic heterocycles. The summed E-state index contributed by atoms with van der Waals surface area (Å²) in [5, 5.41) is 5.70. The molecule has 0 saturated heterocycles. The van der Waals surface area contributed by atoms with Crippen molar-refractivity contribution in [3.05, 3.63) is 23.1 Å². The maximum Gasteiger partial charge on any atom is 0.131 e. The molecule has 0 spiro atoms. The molecule has 0 radical (unpaired) electrons. The van der Waals surface area contributed by atoms with Crippen LogP contribution in [-0.4, -0.2) is 14.2 Å². The third-order valence-electron chi connectivity index (χ3n) is 1.57. The fraction of sp³-hybridized carbons (Fsp3) is 0.250. The number of rotatable bonds is 3. The summed E-state index contributed by atoms with van der Waals surface area (Å²) in [7, 11) is 3.30. The lowest BCUT2D eigenvalue weighted by atomic mass is 10.2. The highest BCUT2D eigenvalue weighted by molar-refractivity contribution is 5.67. The SMILES string of the molecule is CNc1cc(OC)ccc1N=O. The first-order chi connectivity index (χ1) is 5.81. The van der Waals surface area contributed by atoms with E-state index in [0.29, 0.717) is 17.1 Å². The van der Waals surface area contributed by atoms with Gasteiger partial charge < -0.3 is 10.1 Å². The molecule has 0 amide bonds. The highest BCUT2D eigenvalue weighted by Gasteiger charge is 2.01. The van der Waals surface area contributed by atoms with Crippen LogP contribution in [0.25, 0.3) is 0 Å². The van der Waals surface area contributed by atoms with Gasteiger partial charge in [0.1, 0.15) is 11.4 Å². The lowest BCUT2D eigenvalue weighted by Crippen LogP contribution is -1.89. The monoisotopic (exact) mass is 166 g/mol. The van der Waals surface area contributed by atoms with E-state index in [-0.39, 0.29) is 0 Å². The summed E-state index contributed by atoms with van der Waals surface area (Å²) < 4.78 is 4.97. The van der Waals surface area contributed by atoms with Gasteiger partial charge >= 0.3 is 0 Å². The van der Waals surface area contributed by atoms with Crippen LogP contribution in [0.4, 0.5) is 11.4 Å². The Kier molecular flexibility index (Phi) is 2.63. The van der Waals surface area contributed by atoms with Gasteiger partial charge in [0.15, 0.2) is 0 Å². The molecular weight excluding hydrogens is 156 g/mol. The number of methoxy groups -OCH3 is 1. The van der Waals surface area contributed by atoms with Crippen molar-refractivity contribution in [1.29, 1.82) is 0 Å². The Hall–Kier alpha value is -1.58. The summed E-state index contributed by atoms with van der Waals surface area (Å²) in [5.74, 6) is 0.701. The zero-order valence-corrected chi connectivity index (χ0v) is 7.00. The molecule has 4 heteroatoms. The van der Waals surface area contributed by atoms with Crippen molar-refractivity contribution in [1.82, 2.24) is 0 Å². The number of nitrogens with zero attached hydrogens (tertiary/aromatic N) is 1. The predicted octanol–water partition coefficient (Wildman–Crippen LogP) is 2.13. The molecule has 0 unspecified atom stereocenters. The number of hydrogen-bond donors (Lipinski definition) is 1. The molecule has 0 aliphatic heterocycles. The Morgan fingerprint density at radius 1 is 1.50 bits per heavy atom. The van der Waals surface area contributed by atoms with Gasteiger partial charge in [-0.05, 0) is 17.3 Å². The highest BCUT2D eigenvalue weighted by Crippen LogP contribution is 2.28. The minimum atomic E-state index is 0.387. The van der Waals surface area contributed by atoms with Gasteiger partial charge in [-0.3, -0.25) is 0 Å². The zero-order valence-electron chi connectivity index (χ0n) is 7.00. The Morgan fingerprint density at radius 2 is 2.25 bits per heavy atom. The largest absolute Gasteiger partial charge is 0.497 e. The summed E-state index contributed by atoms with van der Waals surface area (Å²) in [6, 6.07) is 5.02. The number of anilines is 1. The van der Waals surface area contributed by atoms with E-state index in [4.69, 9.17) is 4.74 Å². The van der Waals surface area contributed by atoms with Crippen LogP contribution in [-0.2, 0) is 0 Å². The quantitative estimate of drug-likeness (QED) is 0.700. The van der Waals surface area contributed by atoms with Crippen LogP contribution in [0.5, 0.6) is 5.75 Å². The number of ether oxygens (including phenoxy) is 1. The molecule has 0 aliphatic carbocycles. The average Bonchev–Trinajstić information content (AvgIpc) is 2.16. The van der Waals surface area contributed by atoms with Crippen LogP contribution in [0.3, 0.4) is 0 Å². The van der Waals surface area contributed by atoms with Crippen LogP contribution >= 0.6 is 0 Å². The molecule has 0 saturated carbocycles. The van der Waals surface area contributed by atoms with Crippen molar-refractivity contribution in [3.8, 4) is 5.75 Å². The third-order valence-corrected chi connectivity index (χ3v) is 1.57. The molecule has 0 bridgehead atoms. The van der Waals surface area contributed by atoms with Crippen molar-refractivity contribution >= 4 is 11.4 Å². The lowest BCUT2D eigenvalue weighted by molar-refractivity contribution is 0.415. The maximum absolute atomic E-state index is 10.3. The average molecular weight is 166 g/mol. The van der Waals surface area contributed by atoms with Crippen molar-refractivity contribution in [3.63, 3.8) is 0 Å². The van der Waals surface area contributed by atoms with Crippen LogP contribution in [0.15, 0.2) is 23.4 Å². The van der Waals surface area contributed by atoms with E-state index in [1.165, 1.54) is 0 Å². The first-order valence-corrected chi connectivity index (χ1v) is 3.51. The number of nitroso groups, excluding NO2 is 1. The van der Waals surface area contributed by atoms with E-state index in [1.807, 2.05) is 0 Å². The summed E-state index contributed by atoms with van der Waals surface area (Å²) in [6.45, 7) is 0. The van der Waals surface area contributed by atoms with Gasteiger partial charge in [0.2, 0.25) is 0 Å². The highest BCUT2D eigenvalue weighted by atomic mass is 16.5. The van der Waals surface area contributed by atoms with E-state index >= 15 is 0 Å². The second-order valence-corrected chi connectivity index (χ2v) is 2.22. The van der Waals surface area contributed by atoms with Gasteiger partial charge in [-0.1, -0.05) is 0 Å². The van der Waals surface area contributed by atoms with E-state index in [1.54, 1.807) is 32.4 Å². The number of benzene rings is 1. The van der Waals surface area contributed by atoms with Crippen molar-refractivity contribution in [2.45, 2.75) is 0 Å². The molecule has 1 rings (SSSR count). The molecule has 1 aromatic rings. The van der Waals surface area contributed by atoms with Crippen LogP contribution in [0.2, 0.25) is 0 Å². The number of hydrogen-bond acceptors (Lipinski definition) is 4. The Bertz CT molecular complexity index is 286. The standard InChI is InChI=1S/C8H10N2O2/c1-9-8-5-6(12-2)3-4-7(8)10-11/h3-5,9H,1-2H3. The second kappa shape index (κ2) is 3.71. The molecule has 0 aliphatic rings. The summed E-state index contributed by atoms with van der Waals surface area (Å²) in [4.78, 5) is 10.3. The minimum absolute atomic E-state index is 0.387. The molecule has 1 N–H and O–H groups in total. The van der Waals surface area contributed by atoms with Crippen molar-refractivity contribution in [2.24, 2.45) is 5.18 Å². The zero-order chi connectivity index (χ0) is 8.97. The molecule has 12 heavy (non-hydrogen) atoms. The van der Waals surface area contributed by atoms with Crippen LogP contribution in [0.1, 0.15) is 0 Å². The fourth-order valence-electron chi connectivity index (χ4n) is 0.922. The van der Waals surface area contributed by atoms with Crippen molar-refractivity contribution in [2.75, 3.05) is 19.5 Å².